The zero-order valence-corrected chi connectivity index (χ0v) is 14.0. The lowest BCUT2D eigenvalue weighted by Crippen LogP contribution is -2.47. The van der Waals surface area contributed by atoms with Crippen LogP contribution in [0, 0.1) is 0 Å². The number of benzene rings is 1. The fourth-order valence-corrected chi connectivity index (χ4v) is 2.98. The molecule has 1 saturated heterocycles. The van der Waals surface area contributed by atoms with Crippen LogP contribution in [-0.4, -0.2) is 69.6 Å². The van der Waals surface area contributed by atoms with Crippen LogP contribution in [0.5, 0.6) is 0 Å². The molecule has 0 aromatic heterocycles. The number of guanidine groups is 1. The average molecular weight is 303 g/mol. The van der Waals surface area contributed by atoms with Crippen LogP contribution in [0.3, 0.4) is 0 Å². The minimum atomic E-state index is 0.503. The standard InChI is InChI=1S/C17H29N5/c1-18-17(19-2)20-10-7-11-22-13-12-21(3)14-16(22)15-8-5-4-6-9-15/h4-6,8-9,16H,7,10-14H2,1-3H3,(H2,18,19,20). The molecule has 2 N–H and O–H groups in total. The van der Waals surface area contributed by atoms with Crippen molar-refractivity contribution in [3.05, 3.63) is 35.9 Å². The molecule has 0 amide bonds. The first-order chi connectivity index (χ1) is 10.7. The third kappa shape index (κ3) is 4.71. The second-order valence-corrected chi connectivity index (χ2v) is 5.83. The number of rotatable bonds is 5. The maximum atomic E-state index is 4.14. The molecule has 0 saturated carbocycles. The minimum absolute atomic E-state index is 0.503. The second-order valence-electron chi connectivity index (χ2n) is 5.83. The van der Waals surface area contributed by atoms with Crippen LogP contribution in [0.25, 0.3) is 0 Å². The van der Waals surface area contributed by atoms with Gasteiger partial charge in [-0.05, 0) is 19.0 Å². The van der Waals surface area contributed by atoms with Crippen LogP contribution in [0.2, 0.25) is 0 Å². The van der Waals surface area contributed by atoms with Crippen molar-refractivity contribution in [1.29, 1.82) is 0 Å². The summed E-state index contributed by atoms with van der Waals surface area (Å²) in [5, 5.41) is 6.37. The summed E-state index contributed by atoms with van der Waals surface area (Å²) in [7, 11) is 5.90. The van der Waals surface area contributed by atoms with Crippen LogP contribution in [0.15, 0.2) is 35.3 Å². The van der Waals surface area contributed by atoms with Crippen molar-refractivity contribution in [3.63, 3.8) is 0 Å². The van der Waals surface area contributed by atoms with Crippen LogP contribution < -0.4 is 10.6 Å². The topological polar surface area (TPSA) is 42.9 Å². The third-order valence-electron chi connectivity index (χ3n) is 4.25. The van der Waals surface area contributed by atoms with E-state index in [0.29, 0.717) is 6.04 Å². The lowest BCUT2D eigenvalue weighted by atomic mass is 10.0. The van der Waals surface area contributed by atoms with Gasteiger partial charge in [-0.2, -0.15) is 0 Å². The summed E-state index contributed by atoms with van der Waals surface area (Å²) in [5.74, 6) is 0.859. The zero-order valence-electron chi connectivity index (χ0n) is 14.0. The second kappa shape index (κ2) is 8.76. The molecule has 22 heavy (non-hydrogen) atoms. The summed E-state index contributed by atoms with van der Waals surface area (Å²) in [6.07, 6.45) is 1.12. The van der Waals surface area contributed by atoms with Gasteiger partial charge in [-0.25, -0.2) is 0 Å². The van der Waals surface area contributed by atoms with Gasteiger partial charge in [0.2, 0.25) is 0 Å². The van der Waals surface area contributed by atoms with Gasteiger partial charge in [0.1, 0.15) is 0 Å². The molecule has 5 heteroatoms. The number of nitrogens with zero attached hydrogens (tertiary/aromatic N) is 3. The van der Waals surface area contributed by atoms with Crippen LogP contribution >= 0.6 is 0 Å². The van der Waals surface area contributed by atoms with Crippen LogP contribution in [0.1, 0.15) is 18.0 Å². The van der Waals surface area contributed by atoms with Gasteiger partial charge in [-0.1, -0.05) is 30.3 Å². The molecule has 0 spiro atoms. The van der Waals surface area contributed by atoms with E-state index >= 15 is 0 Å². The smallest absolute Gasteiger partial charge is 0.190 e. The molecule has 0 radical (unpaired) electrons. The molecular weight excluding hydrogens is 274 g/mol. The number of nitrogens with one attached hydrogen (secondary N) is 2. The molecule has 0 aliphatic carbocycles. The Kier molecular flexibility index (Phi) is 6.68. The number of hydrogen-bond donors (Lipinski definition) is 2. The molecule has 1 fully saturated rings. The van der Waals surface area contributed by atoms with Gasteiger partial charge < -0.3 is 15.5 Å². The fraction of sp³-hybridized carbons (Fsp3) is 0.588. The highest BCUT2D eigenvalue weighted by atomic mass is 15.3. The molecule has 5 nitrogen and oxygen atoms in total. The van der Waals surface area contributed by atoms with Crippen molar-refractivity contribution >= 4 is 5.96 Å². The molecule has 1 aliphatic rings. The molecule has 1 atom stereocenters. The van der Waals surface area contributed by atoms with E-state index < -0.39 is 0 Å². The Morgan fingerprint density at radius 3 is 2.73 bits per heavy atom. The van der Waals surface area contributed by atoms with Gasteiger partial charge in [0.05, 0.1) is 0 Å². The number of piperazine rings is 1. The van der Waals surface area contributed by atoms with Crippen molar-refractivity contribution in [2.75, 3.05) is 53.9 Å². The van der Waals surface area contributed by atoms with Crippen molar-refractivity contribution < 1.29 is 0 Å². The number of hydrogen-bond acceptors (Lipinski definition) is 3. The van der Waals surface area contributed by atoms with Crippen LogP contribution in [-0.2, 0) is 0 Å². The third-order valence-corrected chi connectivity index (χ3v) is 4.25. The van der Waals surface area contributed by atoms with Gasteiger partial charge in [0, 0.05) is 52.9 Å². The normalized spacial score (nSPS) is 20.9. The Hall–Kier alpha value is -1.59. The van der Waals surface area contributed by atoms with Gasteiger partial charge in [-0.15, -0.1) is 0 Å². The molecule has 1 aromatic rings. The summed E-state index contributed by atoms with van der Waals surface area (Å²) in [6, 6.07) is 11.4. The lowest BCUT2D eigenvalue weighted by Gasteiger charge is -2.40. The Balaban J connectivity index is 1.87. The first-order valence-electron chi connectivity index (χ1n) is 8.10. The van der Waals surface area contributed by atoms with E-state index in [-0.39, 0.29) is 0 Å². The van der Waals surface area contributed by atoms with E-state index in [2.05, 4.69) is 62.8 Å². The number of likely N-dealkylation sites (N-methyl/N-ethyl adjacent to an activating group) is 1. The number of aliphatic imine (C=N–C) groups is 1. The maximum Gasteiger partial charge on any atom is 0.190 e. The first kappa shape index (κ1) is 16.8. The van der Waals surface area contributed by atoms with E-state index in [4.69, 9.17) is 0 Å². The lowest BCUT2D eigenvalue weighted by molar-refractivity contribution is 0.0891. The highest BCUT2D eigenvalue weighted by Gasteiger charge is 2.25. The molecule has 0 bridgehead atoms. The monoisotopic (exact) mass is 303 g/mol. The van der Waals surface area contributed by atoms with Crippen molar-refractivity contribution in [2.24, 2.45) is 4.99 Å². The van der Waals surface area contributed by atoms with E-state index in [1.165, 1.54) is 5.56 Å². The molecule has 122 valence electrons. The Labute approximate surface area is 134 Å². The molecule has 1 aliphatic heterocycles. The molecular formula is C17H29N5. The quantitative estimate of drug-likeness (QED) is 0.487. The van der Waals surface area contributed by atoms with Gasteiger partial charge in [0.25, 0.3) is 0 Å². The average Bonchev–Trinajstić information content (AvgIpc) is 2.57. The molecule has 1 unspecified atom stereocenters. The molecule has 1 aromatic carbocycles. The van der Waals surface area contributed by atoms with Gasteiger partial charge in [-0.3, -0.25) is 9.89 Å². The maximum absolute atomic E-state index is 4.14. The predicted octanol–water partition coefficient (Wildman–Crippen LogP) is 1.16. The van der Waals surface area contributed by atoms with Gasteiger partial charge in [0.15, 0.2) is 5.96 Å². The summed E-state index contributed by atoms with van der Waals surface area (Å²) >= 11 is 0. The Morgan fingerprint density at radius 1 is 1.27 bits per heavy atom. The van der Waals surface area contributed by atoms with Crippen molar-refractivity contribution in [3.8, 4) is 0 Å². The molecule has 1 heterocycles. The predicted molar refractivity (Wildman–Crippen MR) is 93.3 cm³/mol. The summed E-state index contributed by atoms with van der Waals surface area (Å²) in [6.45, 7) is 5.45. The highest BCUT2D eigenvalue weighted by Crippen LogP contribution is 2.24. The van der Waals surface area contributed by atoms with E-state index in [1.54, 1.807) is 7.05 Å². The highest BCUT2D eigenvalue weighted by molar-refractivity contribution is 5.79. The zero-order chi connectivity index (χ0) is 15.8. The Morgan fingerprint density at radius 2 is 2.05 bits per heavy atom. The molecule has 2 rings (SSSR count). The summed E-state index contributed by atoms with van der Waals surface area (Å²) < 4.78 is 0. The van der Waals surface area contributed by atoms with E-state index in [1.807, 2.05) is 7.05 Å². The largest absolute Gasteiger partial charge is 0.359 e. The van der Waals surface area contributed by atoms with E-state index in [0.717, 1.165) is 45.1 Å². The van der Waals surface area contributed by atoms with Crippen LogP contribution in [0.4, 0.5) is 0 Å². The van der Waals surface area contributed by atoms with Crippen molar-refractivity contribution in [1.82, 2.24) is 20.4 Å². The SMILES string of the molecule is CN=C(NC)NCCCN1CCN(C)CC1c1ccccc1. The Bertz CT molecular complexity index is 459. The summed E-state index contributed by atoms with van der Waals surface area (Å²) in [5.41, 5.74) is 1.42. The fourth-order valence-electron chi connectivity index (χ4n) is 2.98. The van der Waals surface area contributed by atoms with Crippen molar-refractivity contribution in [2.45, 2.75) is 12.5 Å². The van der Waals surface area contributed by atoms with Gasteiger partial charge >= 0.3 is 0 Å². The minimum Gasteiger partial charge on any atom is -0.359 e. The first-order valence-corrected chi connectivity index (χ1v) is 8.10. The van der Waals surface area contributed by atoms with E-state index in [9.17, 15) is 0 Å². The summed E-state index contributed by atoms with van der Waals surface area (Å²) in [4.78, 5) is 9.17.